The fourth-order valence-electron chi connectivity index (χ4n) is 2.40. The molecule has 0 rings (SSSR count). The van der Waals surface area contributed by atoms with Crippen molar-refractivity contribution < 1.29 is 19.4 Å². The molecule has 142 valence electrons. The van der Waals surface area contributed by atoms with Gasteiger partial charge in [0.05, 0.1) is 0 Å². The van der Waals surface area contributed by atoms with Gasteiger partial charge in [-0.3, -0.25) is 4.79 Å². The van der Waals surface area contributed by atoms with E-state index in [9.17, 15) is 9.59 Å². The number of amides is 1. The fourth-order valence-corrected chi connectivity index (χ4v) is 2.40. The zero-order chi connectivity index (χ0) is 18.2. The van der Waals surface area contributed by atoms with Crippen molar-refractivity contribution in [3.8, 4) is 0 Å². The SMILES string of the molecule is CCCCCCCC[C@@H](CCC(=O)O)OC(=O)NCCN(C)CC. The number of hydrogen-bond acceptors (Lipinski definition) is 4. The van der Waals surface area contributed by atoms with Gasteiger partial charge in [0.15, 0.2) is 0 Å². The molecule has 0 aliphatic heterocycles. The van der Waals surface area contributed by atoms with Gasteiger partial charge in [0.2, 0.25) is 0 Å². The Morgan fingerprint density at radius 1 is 1.08 bits per heavy atom. The van der Waals surface area contributed by atoms with Crippen LogP contribution in [0.2, 0.25) is 0 Å². The summed E-state index contributed by atoms with van der Waals surface area (Å²) in [4.78, 5) is 24.7. The van der Waals surface area contributed by atoms with E-state index in [1.54, 1.807) is 0 Å². The lowest BCUT2D eigenvalue weighted by atomic mass is 10.0. The summed E-state index contributed by atoms with van der Waals surface area (Å²) in [5.74, 6) is -0.850. The van der Waals surface area contributed by atoms with E-state index in [1.165, 1.54) is 25.7 Å². The Kier molecular flexibility index (Phi) is 14.4. The standard InChI is InChI=1S/C18H36N2O4/c1-4-6-7-8-9-10-11-16(12-13-17(21)22)24-18(23)19-14-15-20(3)5-2/h16H,4-15H2,1-3H3,(H,19,23)(H,21,22)/t16-/m0/s1. The molecule has 1 atom stereocenters. The average Bonchev–Trinajstić information content (AvgIpc) is 2.55. The Labute approximate surface area is 146 Å². The lowest BCUT2D eigenvalue weighted by Gasteiger charge is -2.19. The molecule has 0 radical (unpaired) electrons. The zero-order valence-corrected chi connectivity index (χ0v) is 15.7. The quantitative estimate of drug-likeness (QED) is 0.443. The maximum atomic E-state index is 11.8. The number of unbranched alkanes of at least 4 members (excludes halogenated alkanes) is 5. The molecular formula is C18H36N2O4. The molecule has 0 fully saturated rings. The van der Waals surface area contributed by atoms with E-state index in [0.29, 0.717) is 13.0 Å². The van der Waals surface area contributed by atoms with Crippen molar-refractivity contribution in [3.63, 3.8) is 0 Å². The summed E-state index contributed by atoms with van der Waals surface area (Å²) in [6.07, 6.45) is 7.39. The van der Waals surface area contributed by atoms with Crippen LogP contribution in [-0.4, -0.2) is 54.9 Å². The minimum Gasteiger partial charge on any atom is -0.481 e. The highest BCUT2D eigenvalue weighted by Gasteiger charge is 2.15. The smallest absolute Gasteiger partial charge is 0.407 e. The van der Waals surface area contributed by atoms with E-state index in [0.717, 1.165) is 32.4 Å². The monoisotopic (exact) mass is 344 g/mol. The summed E-state index contributed by atoms with van der Waals surface area (Å²) < 4.78 is 5.41. The first kappa shape index (κ1) is 22.7. The molecule has 2 N–H and O–H groups in total. The fraction of sp³-hybridized carbons (Fsp3) is 0.889. The number of hydrogen-bond donors (Lipinski definition) is 2. The van der Waals surface area contributed by atoms with Crippen molar-refractivity contribution in [2.45, 2.75) is 77.7 Å². The molecule has 0 heterocycles. The van der Waals surface area contributed by atoms with E-state index >= 15 is 0 Å². The van der Waals surface area contributed by atoms with Crippen molar-refractivity contribution in [1.82, 2.24) is 10.2 Å². The predicted molar refractivity (Wildman–Crippen MR) is 96.3 cm³/mol. The third-order valence-corrected chi connectivity index (χ3v) is 4.14. The highest BCUT2D eigenvalue weighted by Crippen LogP contribution is 2.14. The van der Waals surface area contributed by atoms with Crippen molar-refractivity contribution in [1.29, 1.82) is 0 Å². The van der Waals surface area contributed by atoms with Crippen LogP contribution in [0.3, 0.4) is 0 Å². The molecule has 0 aromatic rings. The van der Waals surface area contributed by atoms with Gasteiger partial charge in [-0.25, -0.2) is 4.79 Å². The van der Waals surface area contributed by atoms with Crippen molar-refractivity contribution in [3.05, 3.63) is 0 Å². The molecule has 6 heteroatoms. The van der Waals surface area contributed by atoms with Crippen molar-refractivity contribution in [2.24, 2.45) is 0 Å². The highest BCUT2D eigenvalue weighted by molar-refractivity contribution is 5.68. The Hall–Kier alpha value is -1.30. The van der Waals surface area contributed by atoms with Crippen LogP contribution in [0.5, 0.6) is 0 Å². The first-order chi connectivity index (χ1) is 11.5. The van der Waals surface area contributed by atoms with Crippen LogP contribution in [0.4, 0.5) is 4.79 Å². The summed E-state index contributed by atoms with van der Waals surface area (Å²) in [5, 5.41) is 11.6. The van der Waals surface area contributed by atoms with Gasteiger partial charge in [-0.05, 0) is 32.9 Å². The highest BCUT2D eigenvalue weighted by atomic mass is 16.6. The van der Waals surface area contributed by atoms with Crippen LogP contribution < -0.4 is 5.32 Å². The van der Waals surface area contributed by atoms with Gasteiger partial charge in [0.1, 0.15) is 6.10 Å². The largest absolute Gasteiger partial charge is 0.481 e. The number of nitrogens with zero attached hydrogens (tertiary/aromatic N) is 1. The van der Waals surface area contributed by atoms with Crippen molar-refractivity contribution >= 4 is 12.1 Å². The lowest BCUT2D eigenvalue weighted by molar-refractivity contribution is -0.137. The summed E-state index contributed by atoms with van der Waals surface area (Å²) in [6, 6.07) is 0. The summed E-state index contributed by atoms with van der Waals surface area (Å²) in [7, 11) is 1.99. The molecule has 0 aromatic heterocycles. The van der Waals surface area contributed by atoms with Crippen LogP contribution in [-0.2, 0) is 9.53 Å². The Morgan fingerprint density at radius 3 is 2.38 bits per heavy atom. The van der Waals surface area contributed by atoms with Crippen LogP contribution >= 0.6 is 0 Å². The summed E-state index contributed by atoms with van der Waals surface area (Å²) in [6.45, 7) is 6.47. The third kappa shape index (κ3) is 14.3. The molecule has 24 heavy (non-hydrogen) atoms. The second-order valence-electron chi connectivity index (χ2n) is 6.34. The van der Waals surface area contributed by atoms with Crippen LogP contribution in [0.25, 0.3) is 0 Å². The van der Waals surface area contributed by atoms with Gasteiger partial charge in [0, 0.05) is 19.5 Å². The van der Waals surface area contributed by atoms with Gasteiger partial charge < -0.3 is 20.1 Å². The molecule has 0 saturated heterocycles. The van der Waals surface area contributed by atoms with Crippen LogP contribution in [0.1, 0.15) is 71.6 Å². The second kappa shape index (κ2) is 15.2. The second-order valence-corrected chi connectivity index (χ2v) is 6.34. The van der Waals surface area contributed by atoms with E-state index in [4.69, 9.17) is 9.84 Å². The van der Waals surface area contributed by atoms with E-state index in [-0.39, 0.29) is 12.5 Å². The Balaban J connectivity index is 4.04. The zero-order valence-electron chi connectivity index (χ0n) is 15.7. The normalized spacial score (nSPS) is 12.2. The summed E-state index contributed by atoms with van der Waals surface area (Å²) in [5.41, 5.74) is 0. The topological polar surface area (TPSA) is 78.9 Å². The number of nitrogens with one attached hydrogen (secondary N) is 1. The number of carbonyl (C=O) groups is 2. The van der Waals surface area contributed by atoms with E-state index in [2.05, 4.69) is 24.1 Å². The van der Waals surface area contributed by atoms with Crippen molar-refractivity contribution in [2.75, 3.05) is 26.7 Å². The third-order valence-electron chi connectivity index (χ3n) is 4.14. The maximum absolute atomic E-state index is 11.8. The van der Waals surface area contributed by atoms with Gasteiger partial charge in [0.25, 0.3) is 0 Å². The van der Waals surface area contributed by atoms with Crippen LogP contribution in [0, 0.1) is 0 Å². The van der Waals surface area contributed by atoms with Gasteiger partial charge in [-0.1, -0.05) is 46.0 Å². The predicted octanol–water partition coefficient (Wildman–Crippen LogP) is 3.65. The Morgan fingerprint density at radius 2 is 1.75 bits per heavy atom. The molecule has 0 bridgehead atoms. The first-order valence-electron chi connectivity index (χ1n) is 9.34. The molecule has 6 nitrogen and oxygen atoms in total. The number of alkyl carbamates (subject to hydrolysis) is 1. The van der Waals surface area contributed by atoms with Gasteiger partial charge in [-0.15, -0.1) is 0 Å². The number of carboxylic acid groups (broad SMARTS) is 1. The molecular weight excluding hydrogens is 308 g/mol. The van der Waals surface area contributed by atoms with Gasteiger partial charge >= 0.3 is 12.1 Å². The first-order valence-corrected chi connectivity index (χ1v) is 9.34. The molecule has 0 aliphatic rings. The van der Waals surface area contributed by atoms with Gasteiger partial charge in [-0.2, -0.15) is 0 Å². The maximum Gasteiger partial charge on any atom is 0.407 e. The molecule has 0 saturated carbocycles. The molecule has 0 aliphatic carbocycles. The summed E-state index contributed by atoms with van der Waals surface area (Å²) >= 11 is 0. The number of likely N-dealkylation sites (N-methyl/N-ethyl adjacent to an activating group) is 1. The average molecular weight is 344 g/mol. The molecule has 1 amide bonds. The lowest BCUT2D eigenvalue weighted by Crippen LogP contribution is -2.35. The molecule has 0 spiro atoms. The number of rotatable bonds is 15. The Bertz CT molecular complexity index is 337. The number of carboxylic acids is 1. The number of aliphatic carboxylic acids is 1. The molecule has 0 aromatic carbocycles. The minimum atomic E-state index is -0.850. The van der Waals surface area contributed by atoms with E-state index < -0.39 is 12.1 Å². The minimum absolute atomic E-state index is 0.0341. The van der Waals surface area contributed by atoms with E-state index in [1.807, 2.05) is 7.05 Å². The molecule has 0 unspecified atom stereocenters. The van der Waals surface area contributed by atoms with Crippen LogP contribution in [0.15, 0.2) is 0 Å². The number of ether oxygens (including phenoxy) is 1. The number of carbonyl (C=O) groups excluding carboxylic acids is 1.